The lowest BCUT2D eigenvalue weighted by Gasteiger charge is -2.58. The van der Waals surface area contributed by atoms with E-state index in [-0.39, 0.29) is 35.0 Å². The molecule has 0 spiro atoms. The molecule has 0 aromatic rings. The number of carbonyl (C=O) groups is 2. The molecule has 0 heterocycles. The summed E-state index contributed by atoms with van der Waals surface area (Å²) in [6, 6.07) is 0. The van der Waals surface area contributed by atoms with Crippen molar-refractivity contribution in [2.24, 2.45) is 28.6 Å². The summed E-state index contributed by atoms with van der Waals surface area (Å²) in [7, 11) is -1.77. The highest BCUT2D eigenvalue weighted by Crippen LogP contribution is 2.65. The van der Waals surface area contributed by atoms with Gasteiger partial charge in [0.1, 0.15) is 6.10 Å². The van der Waals surface area contributed by atoms with Crippen LogP contribution in [-0.4, -0.2) is 39.1 Å². The van der Waals surface area contributed by atoms with Crippen LogP contribution in [0.25, 0.3) is 0 Å². The predicted molar refractivity (Wildman–Crippen MR) is 140 cm³/mol. The van der Waals surface area contributed by atoms with Gasteiger partial charge in [0, 0.05) is 26.7 Å². The molecule has 0 bridgehead atoms. The second kappa shape index (κ2) is 9.81. The van der Waals surface area contributed by atoms with Crippen molar-refractivity contribution >= 4 is 20.3 Å². The summed E-state index contributed by atoms with van der Waals surface area (Å²) < 4.78 is 17.7. The van der Waals surface area contributed by atoms with Crippen molar-refractivity contribution in [1.82, 2.24) is 0 Å². The average Bonchev–Trinajstić information content (AvgIpc) is 3.09. The summed E-state index contributed by atoms with van der Waals surface area (Å²) in [5.41, 5.74) is 3.38. The molecule has 4 rings (SSSR count). The van der Waals surface area contributed by atoms with Gasteiger partial charge in [-0.1, -0.05) is 31.6 Å². The van der Waals surface area contributed by atoms with Gasteiger partial charge in [-0.25, -0.2) is 0 Å². The van der Waals surface area contributed by atoms with E-state index in [0.717, 1.165) is 38.5 Å². The molecule has 0 aromatic carbocycles. The maximum Gasteiger partial charge on any atom is 0.302 e. The molecule has 0 unspecified atom stereocenters. The summed E-state index contributed by atoms with van der Waals surface area (Å²) in [4.78, 5) is 22.9. The smallest absolute Gasteiger partial charge is 0.302 e. The van der Waals surface area contributed by atoms with Gasteiger partial charge in [-0.2, -0.15) is 0 Å². The van der Waals surface area contributed by atoms with Gasteiger partial charge in [0.15, 0.2) is 8.32 Å². The molecule has 0 aromatic heterocycles. The van der Waals surface area contributed by atoms with Crippen molar-refractivity contribution in [1.29, 1.82) is 0 Å². The maximum atomic E-state index is 11.5. The minimum Gasteiger partial charge on any atom is -0.466 e. The monoisotopic (exact) mass is 502 g/mol. The molecule has 196 valence electrons. The zero-order chi connectivity index (χ0) is 25.6. The van der Waals surface area contributed by atoms with Crippen LogP contribution in [0.2, 0.25) is 19.6 Å². The van der Waals surface area contributed by atoms with E-state index >= 15 is 0 Å². The van der Waals surface area contributed by atoms with Crippen molar-refractivity contribution in [2.45, 2.75) is 111 Å². The van der Waals surface area contributed by atoms with Crippen molar-refractivity contribution in [2.75, 3.05) is 6.61 Å². The van der Waals surface area contributed by atoms with Gasteiger partial charge in [0.25, 0.3) is 0 Å². The fourth-order valence-corrected chi connectivity index (χ4v) is 9.18. The summed E-state index contributed by atoms with van der Waals surface area (Å²) in [5.74, 6) is 1.64. The Labute approximate surface area is 213 Å². The number of allylic oxidation sites excluding steroid dienone is 2. The molecule has 0 N–H and O–H groups in total. The van der Waals surface area contributed by atoms with Crippen LogP contribution in [0.5, 0.6) is 0 Å². The lowest BCUT2D eigenvalue weighted by molar-refractivity contribution is -0.148. The van der Waals surface area contributed by atoms with E-state index in [2.05, 4.69) is 45.6 Å². The van der Waals surface area contributed by atoms with Gasteiger partial charge in [-0.3, -0.25) is 9.59 Å². The molecule has 0 aliphatic heterocycles. The first-order valence-electron chi connectivity index (χ1n) is 13.7. The van der Waals surface area contributed by atoms with Crippen LogP contribution >= 0.6 is 0 Å². The molecule has 35 heavy (non-hydrogen) atoms. The van der Waals surface area contributed by atoms with Crippen LogP contribution in [0, 0.1) is 28.6 Å². The minimum atomic E-state index is -1.77. The number of hydrogen-bond donors (Lipinski definition) is 0. The lowest BCUT2D eigenvalue weighted by atomic mass is 9.47. The molecule has 0 radical (unpaired) electrons. The van der Waals surface area contributed by atoms with Crippen LogP contribution in [0.1, 0.15) is 79.1 Å². The van der Waals surface area contributed by atoms with Crippen molar-refractivity contribution < 1.29 is 23.5 Å². The highest BCUT2D eigenvalue weighted by molar-refractivity contribution is 6.69. The Morgan fingerprint density at radius 1 is 1.00 bits per heavy atom. The Bertz CT molecular complexity index is 901. The molecule has 5 nitrogen and oxygen atoms in total. The first-order valence-corrected chi connectivity index (χ1v) is 17.1. The van der Waals surface area contributed by atoms with E-state index in [1.807, 2.05) is 0 Å². The number of carbonyl (C=O) groups excluding carboxylic acids is 2. The first kappa shape index (κ1) is 26.7. The predicted octanol–water partition coefficient (Wildman–Crippen LogP) is 6.59. The normalized spacial score (nSPS) is 37.2. The third-order valence-electron chi connectivity index (χ3n) is 9.56. The van der Waals surface area contributed by atoms with E-state index in [1.54, 1.807) is 0 Å². The second-order valence-corrected chi connectivity index (χ2v) is 17.4. The van der Waals surface area contributed by atoms with E-state index in [1.165, 1.54) is 37.8 Å². The zero-order valence-electron chi connectivity index (χ0n) is 22.9. The molecule has 6 heteroatoms. The third kappa shape index (κ3) is 5.34. The number of hydrogen-bond acceptors (Lipinski definition) is 5. The highest BCUT2D eigenvalue weighted by Gasteiger charge is 2.57. The summed E-state index contributed by atoms with van der Waals surface area (Å²) in [6.45, 7) is 15.1. The molecule has 7 atom stereocenters. The Balaban J connectivity index is 1.53. The summed E-state index contributed by atoms with van der Waals surface area (Å²) >= 11 is 0. The lowest BCUT2D eigenvalue weighted by Crippen LogP contribution is -2.51. The molecular weight excluding hydrogens is 456 g/mol. The summed E-state index contributed by atoms with van der Waals surface area (Å²) in [6.07, 6.45) is 13.5. The SMILES string of the molecule is CC(=O)OCC[C@H](O[Si](C)(C)C)C1=CC[C@@H]2[C@H]3CC=C4C[C@@H](OC(C)=O)CC[C@]4(C)[C@@H]3CC[C@]12C. The molecule has 4 aliphatic carbocycles. The average molecular weight is 503 g/mol. The molecule has 0 saturated heterocycles. The Kier molecular flexibility index (Phi) is 7.47. The third-order valence-corrected chi connectivity index (χ3v) is 10.6. The van der Waals surface area contributed by atoms with E-state index in [0.29, 0.717) is 24.4 Å². The number of rotatable bonds is 7. The van der Waals surface area contributed by atoms with E-state index in [9.17, 15) is 9.59 Å². The molecule has 2 saturated carbocycles. The van der Waals surface area contributed by atoms with Crippen LogP contribution in [0.4, 0.5) is 0 Å². The molecule has 2 fully saturated rings. The fourth-order valence-electron chi connectivity index (χ4n) is 8.08. The van der Waals surface area contributed by atoms with Crippen LogP contribution in [0.15, 0.2) is 23.3 Å². The first-order chi connectivity index (χ1) is 16.3. The van der Waals surface area contributed by atoms with Crippen molar-refractivity contribution in [3.8, 4) is 0 Å². The Morgan fingerprint density at radius 3 is 2.37 bits per heavy atom. The van der Waals surface area contributed by atoms with Gasteiger partial charge in [-0.05, 0) is 92.3 Å². The Morgan fingerprint density at radius 2 is 1.71 bits per heavy atom. The van der Waals surface area contributed by atoms with Crippen molar-refractivity contribution in [3.05, 3.63) is 23.3 Å². The number of ether oxygens (including phenoxy) is 2. The quantitative estimate of drug-likeness (QED) is 0.223. The largest absolute Gasteiger partial charge is 0.466 e. The molecule has 0 amide bonds. The second-order valence-electron chi connectivity index (χ2n) is 12.9. The van der Waals surface area contributed by atoms with Gasteiger partial charge < -0.3 is 13.9 Å². The standard InChI is InChI=1S/C29H46O5Si/c1-19(30)32-17-14-27(34-35(5,6)7)26-11-10-24-23-9-8-21-18-22(33-20(2)31)12-15-28(21,3)25(23)13-16-29(24,26)4/h8,11,22-25,27H,9-10,12-18H2,1-7H3/t22-,23+,24+,25+,27-,28-,29-/m0/s1. The van der Waals surface area contributed by atoms with Gasteiger partial charge >= 0.3 is 11.9 Å². The highest BCUT2D eigenvalue weighted by atomic mass is 28.4. The van der Waals surface area contributed by atoms with Gasteiger partial charge in [0.05, 0.1) is 12.7 Å². The maximum absolute atomic E-state index is 11.5. The van der Waals surface area contributed by atoms with Crippen molar-refractivity contribution in [3.63, 3.8) is 0 Å². The fraction of sp³-hybridized carbons (Fsp3) is 0.793. The van der Waals surface area contributed by atoms with Gasteiger partial charge in [0.2, 0.25) is 0 Å². The number of esters is 2. The zero-order valence-corrected chi connectivity index (χ0v) is 23.9. The topological polar surface area (TPSA) is 61.8 Å². The summed E-state index contributed by atoms with van der Waals surface area (Å²) in [5, 5.41) is 0. The van der Waals surface area contributed by atoms with E-state index in [4.69, 9.17) is 13.9 Å². The van der Waals surface area contributed by atoms with Gasteiger partial charge in [-0.15, -0.1) is 0 Å². The molecular formula is C29H46O5Si. The van der Waals surface area contributed by atoms with Crippen LogP contribution in [-0.2, 0) is 23.5 Å². The van der Waals surface area contributed by atoms with Crippen LogP contribution < -0.4 is 0 Å². The van der Waals surface area contributed by atoms with E-state index < -0.39 is 8.32 Å². The molecule has 4 aliphatic rings. The minimum absolute atomic E-state index is 0.0389. The number of fused-ring (bicyclic) bond motifs is 5. The Hall–Kier alpha value is -1.40. The van der Waals surface area contributed by atoms with Crippen LogP contribution in [0.3, 0.4) is 0 Å².